The number of rotatable bonds is 3. The fourth-order valence-corrected chi connectivity index (χ4v) is 3.00. The Hall–Kier alpha value is -2.33. The largest absolute Gasteiger partial charge is 0.496 e. The fourth-order valence-electron chi connectivity index (χ4n) is 3.00. The number of ether oxygens (including phenoxy) is 1. The van der Waals surface area contributed by atoms with Gasteiger partial charge in [-0.05, 0) is 44.5 Å². The van der Waals surface area contributed by atoms with Crippen LogP contribution in [0.1, 0.15) is 31.1 Å². The van der Waals surface area contributed by atoms with Gasteiger partial charge >= 0.3 is 0 Å². The van der Waals surface area contributed by atoms with E-state index in [4.69, 9.17) is 4.74 Å². The number of para-hydroxylation sites is 1. The minimum atomic E-state index is -0.629. The van der Waals surface area contributed by atoms with E-state index in [0.717, 1.165) is 22.6 Å². The summed E-state index contributed by atoms with van der Waals surface area (Å²) in [6.07, 6.45) is -0.254. The smallest absolute Gasteiger partial charge is 0.248 e. The van der Waals surface area contributed by atoms with Gasteiger partial charge in [0.15, 0.2) is 0 Å². The molecular formula is C19H22N2O2. The maximum Gasteiger partial charge on any atom is 0.248 e. The molecule has 23 heavy (non-hydrogen) atoms. The standard InChI is InChI=1S/C19H22N2O2/c1-13-10-11-15(16(12-13)23-4)17-20-19(2,3)18(22)21(17)14-8-6-5-7-9-14/h5-12,17,20H,1-4H3. The van der Waals surface area contributed by atoms with Crippen molar-refractivity contribution in [3.63, 3.8) is 0 Å². The van der Waals surface area contributed by atoms with Crippen LogP contribution in [0.15, 0.2) is 48.5 Å². The lowest BCUT2D eigenvalue weighted by Crippen LogP contribution is -2.40. The van der Waals surface area contributed by atoms with Gasteiger partial charge in [0.25, 0.3) is 0 Å². The molecule has 0 saturated carbocycles. The quantitative estimate of drug-likeness (QED) is 0.944. The molecule has 1 amide bonds. The lowest BCUT2D eigenvalue weighted by Gasteiger charge is -2.26. The molecule has 1 atom stereocenters. The maximum absolute atomic E-state index is 12.9. The predicted molar refractivity (Wildman–Crippen MR) is 91.6 cm³/mol. The van der Waals surface area contributed by atoms with Gasteiger partial charge in [0.05, 0.1) is 12.6 Å². The summed E-state index contributed by atoms with van der Waals surface area (Å²) in [6.45, 7) is 5.84. The zero-order valence-electron chi connectivity index (χ0n) is 14.0. The number of benzene rings is 2. The van der Waals surface area contributed by atoms with Gasteiger partial charge in [0, 0.05) is 11.3 Å². The van der Waals surface area contributed by atoms with Crippen LogP contribution in [-0.2, 0) is 4.79 Å². The zero-order chi connectivity index (χ0) is 16.6. The summed E-state index contributed by atoms with van der Waals surface area (Å²) in [4.78, 5) is 14.7. The van der Waals surface area contributed by atoms with Gasteiger partial charge in [-0.25, -0.2) is 0 Å². The molecule has 1 saturated heterocycles. The van der Waals surface area contributed by atoms with Crippen LogP contribution >= 0.6 is 0 Å². The molecule has 2 aromatic rings. The third kappa shape index (κ3) is 2.70. The summed E-state index contributed by atoms with van der Waals surface area (Å²) in [6, 6.07) is 15.8. The van der Waals surface area contributed by atoms with E-state index in [1.54, 1.807) is 7.11 Å². The molecule has 1 aliphatic heterocycles. The first kappa shape index (κ1) is 15.6. The Morgan fingerprint density at radius 3 is 2.48 bits per heavy atom. The number of nitrogens with zero attached hydrogens (tertiary/aromatic N) is 1. The normalized spacial score (nSPS) is 19.9. The monoisotopic (exact) mass is 310 g/mol. The first-order chi connectivity index (χ1) is 10.9. The molecule has 4 nitrogen and oxygen atoms in total. The van der Waals surface area contributed by atoms with E-state index in [-0.39, 0.29) is 12.1 Å². The first-order valence-corrected chi connectivity index (χ1v) is 7.75. The second kappa shape index (κ2) is 5.70. The highest BCUT2D eigenvalue weighted by atomic mass is 16.5. The molecule has 1 N–H and O–H groups in total. The molecule has 1 unspecified atom stereocenters. The van der Waals surface area contributed by atoms with Gasteiger partial charge < -0.3 is 4.74 Å². The van der Waals surface area contributed by atoms with Crippen molar-refractivity contribution in [1.82, 2.24) is 5.32 Å². The molecule has 0 aromatic heterocycles. The van der Waals surface area contributed by atoms with Crippen LogP contribution < -0.4 is 15.0 Å². The highest BCUT2D eigenvalue weighted by Crippen LogP contribution is 2.38. The lowest BCUT2D eigenvalue weighted by atomic mass is 10.1. The van der Waals surface area contributed by atoms with E-state index in [1.807, 2.05) is 74.2 Å². The lowest BCUT2D eigenvalue weighted by molar-refractivity contribution is -0.121. The third-order valence-corrected chi connectivity index (χ3v) is 4.23. The van der Waals surface area contributed by atoms with Crippen molar-refractivity contribution in [2.45, 2.75) is 32.5 Å². The average Bonchev–Trinajstić information content (AvgIpc) is 2.78. The van der Waals surface area contributed by atoms with E-state index < -0.39 is 5.54 Å². The van der Waals surface area contributed by atoms with E-state index in [2.05, 4.69) is 5.32 Å². The molecule has 120 valence electrons. The first-order valence-electron chi connectivity index (χ1n) is 7.75. The van der Waals surface area contributed by atoms with Gasteiger partial charge in [-0.3, -0.25) is 15.0 Å². The van der Waals surface area contributed by atoms with Crippen molar-refractivity contribution in [1.29, 1.82) is 0 Å². The number of amides is 1. The minimum absolute atomic E-state index is 0.0522. The van der Waals surface area contributed by atoms with E-state index in [1.165, 1.54) is 0 Å². The number of hydrogen-bond donors (Lipinski definition) is 1. The van der Waals surface area contributed by atoms with Crippen molar-refractivity contribution in [3.8, 4) is 5.75 Å². The van der Waals surface area contributed by atoms with Crippen LogP contribution in [0, 0.1) is 6.92 Å². The Bertz CT molecular complexity index is 725. The molecular weight excluding hydrogens is 288 g/mol. The highest BCUT2D eigenvalue weighted by Gasteiger charge is 2.46. The van der Waals surface area contributed by atoms with Gasteiger partial charge in [0.1, 0.15) is 11.9 Å². The second-order valence-corrected chi connectivity index (χ2v) is 6.43. The molecule has 0 bridgehead atoms. The Balaban J connectivity index is 2.11. The average molecular weight is 310 g/mol. The molecule has 1 heterocycles. The molecule has 3 rings (SSSR count). The number of anilines is 1. The Morgan fingerprint density at radius 1 is 1.13 bits per heavy atom. The van der Waals surface area contributed by atoms with Gasteiger partial charge in [-0.2, -0.15) is 0 Å². The van der Waals surface area contributed by atoms with E-state index >= 15 is 0 Å². The van der Waals surface area contributed by atoms with E-state index in [9.17, 15) is 4.79 Å². The molecule has 4 heteroatoms. The van der Waals surface area contributed by atoms with Crippen molar-refractivity contribution in [2.24, 2.45) is 0 Å². The van der Waals surface area contributed by atoms with Gasteiger partial charge in [0.2, 0.25) is 5.91 Å². The summed E-state index contributed by atoms with van der Waals surface area (Å²) in [5.74, 6) is 0.838. The topological polar surface area (TPSA) is 41.6 Å². The van der Waals surface area contributed by atoms with Crippen LogP contribution in [0.4, 0.5) is 5.69 Å². The fraction of sp³-hybridized carbons (Fsp3) is 0.316. The summed E-state index contributed by atoms with van der Waals surface area (Å²) in [5, 5.41) is 3.44. The van der Waals surface area contributed by atoms with Crippen LogP contribution in [0.2, 0.25) is 0 Å². The van der Waals surface area contributed by atoms with Crippen LogP contribution in [0.3, 0.4) is 0 Å². The molecule has 1 fully saturated rings. The number of methoxy groups -OCH3 is 1. The molecule has 0 aliphatic carbocycles. The third-order valence-electron chi connectivity index (χ3n) is 4.23. The molecule has 1 aliphatic rings. The van der Waals surface area contributed by atoms with Crippen molar-refractivity contribution >= 4 is 11.6 Å². The predicted octanol–water partition coefficient (Wildman–Crippen LogP) is 3.42. The highest BCUT2D eigenvalue weighted by molar-refractivity contribution is 6.02. The Labute approximate surface area is 137 Å². The number of hydrogen-bond acceptors (Lipinski definition) is 3. The van der Waals surface area contributed by atoms with Crippen LogP contribution in [0.5, 0.6) is 5.75 Å². The molecule has 0 radical (unpaired) electrons. The SMILES string of the molecule is COc1cc(C)ccc1C1NC(C)(C)C(=O)N1c1ccccc1. The second-order valence-electron chi connectivity index (χ2n) is 6.43. The van der Waals surface area contributed by atoms with Crippen molar-refractivity contribution in [2.75, 3.05) is 12.0 Å². The number of nitrogens with one attached hydrogen (secondary N) is 1. The molecule has 2 aromatic carbocycles. The van der Waals surface area contributed by atoms with Crippen molar-refractivity contribution < 1.29 is 9.53 Å². The van der Waals surface area contributed by atoms with Crippen LogP contribution in [0.25, 0.3) is 0 Å². The number of carbonyl (C=O) groups is 1. The van der Waals surface area contributed by atoms with Crippen LogP contribution in [-0.4, -0.2) is 18.6 Å². The minimum Gasteiger partial charge on any atom is -0.496 e. The van der Waals surface area contributed by atoms with Gasteiger partial charge in [-0.15, -0.1) is 0 Å². The summed E-state index contributed by atoms with van der Waals surface area (Å²) >= 11 is 0. The maximum atomic E-state index is 12.9. The number of carbonyl (C=O) groups excluding carboxylic acids is 1. The Kier molecular flexibility index (Phi) is 3.86. The summed E-state index contributed by atoms with van der Waals surface area (Å²) in [7, 11) is 1.66. The zero-order valence-corrected chi connectivity index (χ0v) is 14.0. The van der Waals surface area contributed by atoms with Crippen molar-refractivity contribution in [3.05, 3.63) is 59.7 Å². The summed E-state index contributed by atoms with van der Waals surface area (Å²) < 4.78 is 5.55. The Morgan fingerprint density at radius 2 is 1.83 bits per heavy atom. The number of aryl methyl sites for hydroxylation is 1. The van der Waals surface area contributed by atoms with Gasteiger partial charge in [-0.1, -0.05) is 30.3 Å². The molecule has 0 spiro atoms. The summed E-state index contributed by atoms with van der Waals surface area (Å²) in [5.41, 5.74) is 2.33. The van der Waals surface area contributed by atoms with E-state index in [0.29, 0.717) is 0 Å².